The predicted molar refractivity (Wildman–Crippen MR) is 59.9 cm³/mol. The van der Waals surface area contributed by atoms with Crippen LogP contribution in [0.25, 0.3) is 0 Å². The summed E-state index contributed by atoms with van der Waals surface area (Å²) in [5.41, 5.74) is 5.86. The minimum absolute atomic E-state index is 0.265. The van der Waals surface area contributed by atoms with E-state index in [9.17, 15) is 4.79 Å². The number of ether oxygens (including phenoxy) is 2. The van der Waals surface area contributed by atoms with Crippen molar-refractivity contribution in [3.63, 3.8) is 0 Å². The van der Waals surface area contributed by atoms with Gasteiger partial charge in [-0.2, -0.15) is 0 Å². The average Bonchev–Trinajstić information content (AvgIpc) is 2.20. The van der Waals surface area contributed by atoms with Crippen molar-refractivity contribution in [2.24, 2.45) is 5.73 Å². The van der Waals surface area contributed by atoms with Crippen LogP contribution >= 0.6 is 15.9 Å². The van der Waals surface area contributed by atoms with E-state index >= 15 is 0 Å². The molecule has 0 fully saturated rings. The van der Waals surface area contributed by atoms with Crippen molar-refractivity contribution in [2.45, 2.75) is 6.42 Å². The van der Waals surface area contributed by atoms with E-state index in [0.29, 0.717) is 6.42 Å². The third-order valence-corrected chi connectivity index (χ3v) is 2.64. The van der Waals surface area contributed by atoms with E-state index in [-0.39, 0.29) is 6.61 Å². The second kappa shape index (κ2) is 5.60. The Kier molecular flexibility index (Phi) is 4.42. The summed E-state index contributed by atoms with van der Waals surface area (Å²) in [6.45, 7) is 0.265. The number of amides is 1. The monoisotopic (exact) mass is 273 g/mol. The molecule has 1 rings (SSSR count). The van der Waals surface area contributed by atoms with Gasteiger partial charge in [0, 0.05) is 10.9 Å². The van der Waals surface area contributed by atoms with Crippen LogP contribution in [0.15, 0.2) is 22.7 Å². The zero-order valence-electron chi connectivity index (χ0n) is 8.33. The van der Waals surface area contributed by atoms with Crippen LogP contribution in [0, 0.1) is 0 Å². The van der Waals surface area contributed by atoms with Gasteiger partial charge in [-0.1, -0.05) is 15.9 Å². The van der Waals surface area contributed by atoms with Gasteiger partial charge in [0.05, 0.1) is 13.7 Å². The van der Waals surface area contributed by atoms with Crippen molar-refractivity contribution in [1.29, 1.82) is 0 Å². The molecule has 0 aliphatic carbocycles. The van der Waals surface area contributed by atoms with Crippen LogP contribution in [0.5, 0.6) is 5.75 Å². The first-order chi connectivity index (χ1) is 7.13. The lowest BCUT2D eigenvalue weighted by atomic mass is 10.1. The van der Waals surface area contributed by atoms with Crippen LogP contribution < -0.4 is 10.5 Å². The molecule has 2 N–H and O–H groups in total. The maximum absolute atomic E-state index is 10.4. The van der Waals surface area contributed by atoms with Crippen LogP contribution in [0.4, 0.5) is 4.79 Å². The number of methoxy groups -OCH3 is 1. The number of primary amides is 1. The van der Waals surface area contributed by atoms with Gasteiger partial charge >= 0.3 is 6.09 Å². The number of carbonyl (C=O) groups is 1. The van der Waals surface area contributed by atoms with Crippen LogP contribution in [-0.4, -0.2) is 19.8 Å². The topological polar surface area (TPSA) is 61.6 Å². The van der Waals surface area contributed by atoms with Gasteiger partial charge in [-0.05, 0) is 23.8 Å². The lowest BCUT2D eigenvalue weighted by Gasteiger charge is -2.07. The number of rotatable bonds is 4. The number of halogens is 1. The Morgan fingerprint density at radius 1 is 1.53 bits per heavy atom. The Morgan fingerprint density at radius 2 is 2.27 bits per heavy atom. The molecular formula is C10H12BrNO3. The van der Waals surface area contributed by atoms with Gasteiger partial charge in [0.25, 0.3) is 0 Å². The number of carbonyl (C=O) groups excluding carboxylic acids is 1. The molecule has 4 nitrogen and oxygen atoms in total. The molecule has 1 amide bonds. The summed E-state index contributed by atoms with van der Waals surface area (Å²) in [7, 11) is 1.60. The van der Waals surface area contributed by atoms with E-state index < -0.39 is 6.09 Å². The highest BCUT2D eigenvalue weighted by Gasteiger charge is 2.03. The van der Waals surface area contributed by atoms with E-state index in [2.05, 4.69) is 20.7 Å². The number of nitrogens with two attached hydrogens (primary N) is 1. The third kappa shape index (κ3) is 3.79. The molecule has 0 unspecified atom stereocenters. The highest BCUT2D eigenvalue weighted by atomic mass is 79.9. The van der Waals surface area contributed by atoms with E-state index in [0.717, 1.165) is 15.8 Å². The minimum Gasteiger partial charge on any atom is -0.497 e. The Morgan fingerprint density at radius 3 is 2.87 bits per heavy atom. The third-order valence-electron chi connectivity index (χ3n) is 1.87. The molecule has 0 aromatic heterocycles. The molecule has 0 aliphatic rings. The fraction of sp³-hybridized carbons (Fsp3) is 0.300. The number of hydrogen-bond donors (Lipinski definition) is 1. The lowest BCUT2D eigenvalue weighted by Crippen LogP contribution is -2.14. The van der Waals surface area contributed by atoms with Gasteiger partial charge in [-0.3, -0.25) is 0 Å². The van der Waals surface area contributed by atoms with Crippen LogP contribution in [0.3, 0.4) is 0 Å². The Labute approximate surface area is 96.5 Å². The van der Waals surface area contributed by atoms with Gasteiger partial charge in [-0.25, -0.2) is 4.79 Å². The van der Waals surface area contributed by atoms with Gasteiger partial charge in [-0.15, -0.1) is 0 Å². The molecule has 0 saturated carbocycles. The summed E-state index contributed by atoms with van der Waals surface area (Å²) in [4.78, 5) is 10.4. The molecule has 0 bridgehead atoms. The van der Waals surface area contributed by atoms with E-state index in [4.69, 9.17) is 10.5 Å². The first kappa shape index (κ1) is 11.8. The Hall–Kier alpha value is -1.23. The van der Waals surface area contributed by atoms with Crippen molar-refractivity contribution < 1.29 is 14.3 Å². The first-order valence-corrected chi connectivity index (χ1v) is 5.17. The van der Waals surface area contributed by atoms with Crippen LogP contribution in [0.2, 0.25) is 0 Å². The summed E-state index contributed by atoms with van der Waals surface area (Å²) in [5, 5.41) is 0. The molecule has 0 atom stereocenters. The minimum atomic E-state index is -0.756. The standard InChI is InChI=1S/C10H12BrNO3/c1-14-8-2-3-9(11)7(6-8)4-5-15-10(12)13/h2-3,6H,4-5H2,1H3,(H2,12,13). The van der Waals surface area contributed by atoms with Crippen LogP contribution in [-0.2, 0) is 11.2 Å². The second-order valence-electron chi connectivity index (χ2n) is 2.87. The van der Waals surface area contributed by atoms with Crippen molar-refractivity contribution in [2.75, 3.05) is 13.7 Å². The van der Waals surface area contributed by atoms with Crippen molar-refractivity contribution in [1.82, 2.24) is 0 Å². The van der Waals surface area contributed by atoms with Crippen molar-refractivity contribution in [3.8, 4) is 5.75 Å². The largest absolute Gasteiger partial charge is 0.497 e. The van der Waals surface area contributed by atoms with Gasteiger partial charge < -0.3 is 15.2 Å². The molecule has 0 aliphatic heterocycles. The molecule has 82 valence electrons. The zero-order chi connectivity index (χ0) is 11.3. The van der Waals surface area contributed by atoms with Gasteiger partial charge in [0.2, 0.25) is 0 Å². The maximum Gasteiger partial charge on any atom is 0.404 e. The zero-order valence-corrected chi connectivity index (χ0v) is 9.91. The summed E-state index contributed by atoms with van der Waals surface area (Å²) in [6, 6.07) is 5.62. The molecule has 1 aromatic carbocycles. The fourth-order valence-electron chi connectivity index (χ4n) is 1.13. The molecule has 0 saturated heterocycles. The average molecular weight is 274 g/mol. The first-order valence-electron chi connectivity index (χ1n) is 4.38. The highest BCUT2D eigenvalue weighted by Crippen LogP contribution is 2.22. The quantitative estimate of drug-likeness (QED) is 0.914. The summed E-state index contributed by atoms with van der Waals surface area (Å²) < 4.78 is 10.7. The molecule has 0 radical (unpaired) electrons. The molecule has 15 heavy (non-hydrogen) atoms. The molecule has 0 spiro atoms. The highest BCUT2D eigenvalue weighted by molar-refractivity contribution is 9.10. The van der Waals surface area contributed by atoms with Crippen LogP contribution in [0.1, 0.15) is 5.56 Å². The smallest absolute Gasteiger partial charge is 0.404 e. The van der Waals surface area contributed by atoms with Crippen molar-refractivity contribution >= 4 is 22.0 Å². The Balaban J connectivity index is 2.62. The Bertz CT molecular complexity index is 355. The summed E-state index contributed by atoms with van der Waals surface area (Å²) in [6.07, 6.45) is -0.158. The normalized spacial score (nSPS) is 9.73. The fourth-order valence-corrected chi connectivity index (χ4v) is 1.58. The second-order valence-corrected chi connectivity index (χ2v) is 3.73. The van der Waals surface area contributed by atoms with E-state index in [1.165, 1.54) is 0 Å². The summed E-state index contributed by atoms with van der Waals surface area (Å²) >= 11 is 3.40. The summed E-state index contributed by atoms with van der Waals surface area (Å²) in [5.74, 6) is 0.771. The molecule has 5 heteroatoms. The SMILES string of the molecule is COc1ccc(Br)c(CCOC(N)=O)c1. The predicted octanol–water partition coefficient (Wildman–Crippen LogP) is 2.10. The van der Waals surface area contributed by atoms with Gasteiger partial charge in [0.15, 0.2) is 0 Å². The van der Waals surface area contributed by atoms with E-state index in [1.54, 1.807) is 7.11 Å². The van der Waals surface area contributed by atoms with E-state index in [1.807, 2.05) is 18.2 Å². The van der Waals surface area contributed by atoms with Crippen molar-refractivity contribution in [3.05, 3.63) is 28.2 Å². The lowest BCUT2D eigenvalue weighted by molar-refractivity contribution is 0.158. The molecular weight excluding hydrogens is 262 g/mol. The number of hydrogen-bond acceptors (Lipinski definition) is 3. The van der Waals surface area contributed by atoms with Gasteiger partial charge in [0.1, 0.15) is 5.75 Å². The maximum atomic E-state index is 10.4. The number of benzene rings is 1. The molecule has 0 heterocycles. The molecule has 1 aromatic rings.